The second-order valence-electron chi connectivity index (χ2n) is 10.0. The molecule has 0 aliphatic carbocycles. The number of hydrogen-bond acceptors (Lipinski definition) is 4. The van der Waals surface area contributed by atoms with E-state index in [1.165, 1.54) is 34.5 Å². The summed E-state index contributed by atoms with van der Waals surface area (Å²) in [7, 11) is 0. The summed E-state index contributed by atoms with van der Waals surface area (Å²) in [5, 5.41) is 0. The van der Waals surface area contributed by atoms with Crippen LogP contribution in [0.4, 0.5) is 17.1 Å². The predicted octanol–water partition coefficient (Wildman–Crippen LogP) is 6.08. The number of aryl methyl sites for hydroxylation is 1. The third-order valence-electron chi connectivity index (χ3n) is 6.76. The van der Waals surface area contributed by atoms with Crippen LogP contribution in [0.3, 0.4) is 0 Å². The van der Waals surface area contributed by atoms with Crippen LogP contribution in [0.1, 0.15) is 63.6 Å². The highest BCUT2D eigenvalue weighted by molar-refractivity contribution is 5.86. The Balaban J connectivity index is 1.58. The number of hydrogen-bond donors (Lipinski definition) is 0. The molecule has 2 aliphatic heterocycles. The Labute approximate surface area is 187 Å². The molecular formula is C27H37N3O. The first-order valence-corrected chi connectivity index (χ1v) is 11.7. The van der Waals surface area contributed by atoms with E-state index in [0.717, 1.165) is 32.0 Å². The zero-order valence-electron chi connectivity index (χ0n) is 20.0. The molecule has 166 valence electrons. The second-order valence-corrected chi connectivity index (χ2v) is 10.0. The molecular weight excluding hydrogens is 382 g/mol. The minimum absolute atomic E-state index is 0.171. The van der Waals surface area contributed by atoms with Crippen molar-refractivity contribution in [3.05, 3.63) is 53.1 Å². The molecule has 2 heterocycles. The zero-order valence-corrected chi connectivity index (χ0v) is 20.0. The van der Waals surface area contributed by atoms with Gasteiger partial charge in [0.2, 0.25) is 0 Å². The largest absolute Gasteiger partial charge is 0.378 e. The first-order valence-electron chi connectivity index (χ1n) is 11.7. The first-order chi connectivity index (χ1) is 14.8. The third-order valence-corrected chi connectivity index (χ3v) is 6.76. The van der Waals surface area contributed by atoms with Crippen LogP contribution in [0, 0.1) is 6.92 Å². The lowest BCUT2D eigenvalue weighted by atomic mass is 9.78. The molecule has 31 heavy (non-hydrogen) atoms. The highest BCUT2D eigenvalue weighted by Crippen LogP contribution is 2.45. The van der Waals surface area contributed by atoms with Crippen LogP contribution in [-0.4, -0.2) is 44.1 Å². The molecule has 0 N–H and O–H groups in total. The van der Waals surface area contributed by atoms with Gasteiger partial charge in [0.1, 0.15) is 0 Å². The van der Waals surface area contributed by atoms with Crippen molar-refractivity contribution in [1.29, 1.82) is 0 Å². The predicted molar refractivity (Wildman–Crippen MR) is 133 cm³/mol. The molecule has 0 amide bonds. The molecule has 2 aromatic carbocycles. The maximum absolute atomic E-state index is 5.45. The Hall–Kier alpha value is -2.33. The van der Waals surface area contributed by atoms with Crippen LogP contribution in [0.25, 0.3) is 0 Å². The average molecular weight is 420 g/mol. The molecule has 0 radical (unpaired) electrons. The fourth-order valence-electron chi connectivity index (χ4n) is 5.45. The van der Waals surface area contributed by atoms with E-state index in [2.05, 4.69) is 87.7 Å². The van der Waals surface area contributed by atoms with Crippen molar-refractivity contribution < 1.29 is 4.74 Å². The molecule has 4 nitrogen and oxygen atoms in total. The quantitative estimate of drug-likeness (QED) is 0.562. The lowest BCUT2D eigenvalue weighted by molar-refractivity contribution is 0.122. The van der Waals surface area contributed by atoms with Crippen LogP contribution in [0.2, 0.25) is 0 Å². The number of fused-ring (bicyclic) bond motifs is 1. The number of nitrogens with zero attached hydrogens (tertiary/aromatic N) is 3. The van der Waals surface area contributed by atoms with Crippen molar-refractivity contribution in [2.45, 2.75) is 65.5 Å². The highest BCUT2D eigenvalue weighted by Gasteiger charge is 2.37. The Morgan fingerprint density at radius 2 is 1.77 bits per heavy atom. The van der Waals surface area contributed by atoms with Gasteiger partial charge in [-0.25, -0.2) is 0 Å². The van der Waals surface area contributed by atoms with Gasteiger partial charge in [-0.1, -0.05) is 6.92 Å². The topological polar surface area (TPSA) is 28.1 Å². The monoisotopic (exact) mass is 419 g/mol. The number of morpholine rings is 1. The molecule has 0 bridgehead atoms. The van der Waals surface area contributed by atoms with Gasteiger partial charge in [0.15, 0.2) is 0 Å². The molecule has 2 aromatic rings. The van der Waals surface area contributed by atoms with E-state index >= 15 is 0 Å². The maximum atomic E-state index is 5.45. The summed E-state index contributed by atoms with van der Waals surface area (Å²) in [5.41, 5.74) is 7.75. The van der Waals surface area contributed by atoms with Crippen LogP contribution < -0.4 is 9.80 Å². The lowest BCUT2D eigenvalue weighted by Crippen LogP contribution is -2.51. The summed E-state index contributed by atoms with van der Waals surface area (Å²) in [6.45, 7) is 17.4. The summed E-state index contributed by atoms with van der Waals surface area (Å²) in [6.07, 6.45) is 3.20. The summed E-state index contributed by atoms with van der Waals surface area (Å²) in [5.74, 6) is 0.542. The van der Waals surface area contributed by atoms with Crippen molar-refractivity contribution in [1.82, 2.24) is 0 Å². The molecule has 1 unspecified atom stereocenters. The average Bonchev–Trinajstić information content (AvgIpc) is 2.72. The Morgan fingerprint density at radius 1 is 1.10 bits per heavy atom. The van der Waals surface area contributed by atoms with Gasteiger partial charge in [-0.15, -0.1) is 0 Å². The Morgan fingerprint density at radius 3 is 2.42 bits per heavy atom. The van der Waals surface area contributed by atoms with Gasteiger partial charge in [-0.05, 0) is 100 Å². The van der Waals surface area contributed by atoms with Crippen LogP contribution in [-0.2, 0) is 4.74 Å². The second kappa shape index (κ2) is 8.66. The van der Waals surface area contributed by atoms with Crippen LogP contribution >= 0.6 is 0 Å². The van der Waals surface area contributed by atoms with E-state index < -0.39 is 0 Å². The van der Waals surface area contributed by atoms with Crippen molar-refractivity contribution in [2.24, 2.45) is 4.99 Å². The van der Waals surface area contributed by atoms with E-state index in [1.807, 2.05) is 6.21 Å². The van der Waals surface area contributed by atoms with E-state index in [9.17, 15) is 0 Å². The van der Waals surface area contributed by atoms with Crippen molar-refractivity contribution in [2.75, 3.05) is 36.1 Å². The fraction of sp³-hybridized carbons (Fsp3) is 0.519. The number of benzene rings is 2. The van der Waals surface area contributed by atoms with Crippen LogP contribution in [0.15, 0.2) is 41.4 Å². The number of rotatable bonds is 4. The van der Waals surface area contributed by atoms with E-state index in [4.69, 9.17) is 9.73 Å². The smallest absolute Gasteiger partial charge is 0.0642 e. The molecule has 4 rings (SSSR count). The molecule has 0 aromatic heterocycles. The Kier molecular flexibility index (Phi) is 6.11. The fourth-order valence-corrected chi connectivity index (χ4v) is 5.45. The minimum atomic E-state index is 0.171. The summed E-state index contributed by atoms with van der Waals surface area (Å²) in [6, 6.07) is 13.8. The van der Waals surface area contributed by atoms with E-state index in [1.54, 1.807) is 0 Å². The van der Waals surface area contributed by atoms with Crippen LogP contribution in [0.5, 0.6) is 0 Å². The SMILES string of the molecule is Cc1cc2c(cc1C=Nc1ccc(N3CCOCC3)cc1)C(C)CC(C)(C)N2C(C)C. The molecule has 0 saturated carbocycles. The Bertz CT molecular complexity index is 940. The van der Waals surface area contributed by atoms with Gasteiger partial charge in [-0.3, -0.25) is 4.99 Å². The van der Waals surface area contributed by atoms with Crippen molar-refractivity contribution in [3.63, 3.8) is 0 Å². The normalized spacial score (nSPS) is 21.1. The van der Waals surface area contributed by atoms with E-state index in [0.29, 0.717) is 12.0 Å². The molecule has 2 aliphatic rings. The van der Waals surface area contributed by atoms with Gasteiger partial charge in [0.05, 0.1) is 18.9 Å². The molecule has 1 atom stereocenters. The molecule has 0 spiro atoms. The highest BCUT2D eigenvalue weighted by atomic mass is 16.5. The van der Waals surface area contributed by atoms with Gasteiger partial charge in [-0.2, -0.15) is 0 Å². The minimum Gasteiger partial charge on any atom is -0.378 e. The van der Waals surface area contributed by atoms with E-state index in [-0.39, 0.29) is 5.54 Å². The molecule has 4 heteroatoms. The third kappa shape index (κ3) is 4.50. The van der Waals surface area contributed by atoms with Crippen molar-refractivity contribution >= 4 is 23.3 Å². The van der Waals surface area contributed by atoms with Gasteiger partial charge < -0.3 is 14.5 Å². The summed E-state index contributed by atoms with van der Waals surface area (Å²) >= 11 is 0. The van der Waals surface area contributed by atoms with Crippen molar-refractivity contribution in [3.8, 4) is 0 Å². The molecule has 1 saturated heterocycles. The van der Waals surface area contributed by atoms with Gasteiger partial charge in [0.25, 0.3) is 0 Å². The lowest BCUT2D eigenvalue weighted by Gasteiger charge is -2.50. The van der Waals surface area contributed by atoms with Gasteiger partial charge >= 0.3 is 0 Å². The summed E-state index contributed by atoms with van der Waals surface area (Å²) in [4.78, 5) is 9.77. The number of anilines is 2. The number of aliphatic imine (C=N–C) groups is 1. The molecule has 1 fully saturated rings. The number of ether oxygens (including phenoxy) is 1. The zero-order chi connectivity index (χ0) is 22.2. The summed E-state index contributed by atoms with van der Waals surface area (Å²) < 4.78 is 5.45. The van der Waals surface area contributed by atoms with Gasteiger partial charge in [0, 0.05) is 42.3 Å². The maximum Gasteiger partial charge on any atom is 0.0642 e. The first kappa shape index (κ1) is 21.9. The standard InChI is InChI=1S/C27H37N3O/c1-19(2)30-26-15-20(3)22(16-25(26)21(4)17-27(30,5)6)18-28-23-7-9-24(10-8-23)29-11-13-31-14-12-29/h7-10,15-16,18-19,21H,11-14,17H2,1-6H3.